The standard InChI is InChI=1S/C33H46N6O3/c1-24-8-10-29-30(22-24)38(31-11-9-27(23-36-31)35-17-5-16-34-26-12-18-41-19-13-26)33(40)39(28-14-20-42-21-15-28)37-32(29)25-6-3-2-4-7-25/h8-11,22-23,25-26,28,34-35H,2-7,12-21H2,1H3. The molecule has 4 heterocycles. The summed E-state index contributed by atoms with van der Waals surface area (Å²) < 4.78 is 11.1. The number of urea groups is 1. The highest BCUT2D eigenvalue weighted by Crippen LogP contribution is 2.38. The van der Waals surface area contributed by atoms with Crippen molar-refractivity contribution in [3.8, 4) is 0 Å². The molecule has 9 heteroatoms. The third-order valence-corrected chi connectivity index (χ3v) is 9.12. The topological polar surface area (TPSA) is 91.3 Å². The first-order chi connectivity index (χ1) is 20.7. The van der Waals surface area contributed by atoms with E-state index in [1.54, 1.807) is 9.91 Å². The van der Waals surface area contributed by atoms with Gasteiger partial charge in [-0.05, 0) is 82.2 Å². The Kier molecular flexibility index (Phi) is 9.68. The maximum Gasteiger partial charge on any atom is 0.351 e. The van der Waals surface area contributed by atoms with Gasteiger partial charge in [-0.25, -0.2) is 19.7 Å². The Morgan fingerprint density at radius 3 is 2.40 bits per heavy atom. The number of fused-ring (bicyclic) bond motifs is 1. The lowest BCUT2D eigenvalue weighted by Gasteiger charge is -2.33. The molecule has 1 aromatic heterocycles. The molecule has 1 aromatic carbocycles. The summed E-state index contributed by atoms with van der Waals surface area (Å²) >= 11 is 0. The molecule has 6 rings (SSSR count). The van der Waals surface area contributed by atoms with Gasteiger partial charge in [0.05, 0.1) is 29.3 Å². The average molecular weight is 575 g/mol. The lowest BCUT2D eigenvalue weighted by atomic mass is 9.82. The van der Waals surface area contributed by atoms with Crippen molar-refractivity contribution in [2.24, 2.45) is 11.0 Å². The van der Waals surface area contributed by atoms with Gasteiger partial charge in [-0.3, -0.25) is 0 Å². The van der Waals surface area contributed by atoms with E-state index < -0.39 is 0 Å². The number of carbonyl (C=O) groups excluding carboxylic acids is 1. The Balaban J connectivity index is 1.23. The van der Waals surface area contributed by atoms with E-state index in [4.69, 9.17) is 19.6 Å². The highest BCUT2D eigenvalue weighted by molar-refractivity contribution is 6.13. The summed E-state index contributed by atoms with van der Waals surface area (Å²) in [5.74, 6) is 0.978. The summed E-state index contributed by atoms with van der Waals surface area (Å²) in [7, 11) is 0. The number of rotatable bonds is 9. The van der Waals surface area contributed by atoms with Crippen LogP contribution in [0.2, 0.25) is 0 Å². The molecule has 4 aliphatic rings. The van der Waals surface area contributed by atoms with Crippen LogP contribution < -0.4 is 15.5 Å². The molecule has 2 N–H and O–H groups in total. The van der Waals surface area contributed by atoms with E-state index in [1.165, 1.54) is 19.3 Å². The normalized spacial score (nSPS) is 21.2. The maximum atomic E-state index is 14.4. The van der Waals surface area contributed by atoms with Crippen LogP contribution in [0, 0.1) is 12.8 Å². The largest absolute Gasteiger partial charge is 0.384 e. The molecule has 42 heavy (non-hydrogen) atoms. The summed E-state index contributed by atoms with van der Waals surface area (Å²) in [6.45, 7) is 6.94. The SMILES string of the molecule is Cc1ccc2c(c1)N(c1ccc(NCCCNC3CCOCC3)cn1)C(=O)N(C1CCOCC1)N=C2C1CCCCC1. The van der Waals surface area contributed by atoms with Gasteiger partial charge >= 0.3 is 6.03 Å². The summed E-state index contributed by atoms with van der Waals surface area (Å²) in [6.07, 6.45) is 12.6. The highest BCUT2D eigenvalue weighted by Gasteiger charge is 2.38. The number of benzene rings is 1. The quantitative estimate of drug-likeness (QED) is 0.357. The van der Waals surface area contributed by atoms with Gasteiger partial charge in [0, 0.05) is 50.5 Å². The van der Waals surface area contributed by atoms with Gasteiger partial charge in [0.25, 0.3) is 0 Å². The molecular weight excluding hydrogens is 528 g/mol. The predicted molar refractivity (Wildman–Crippen MR) is 167 cm³/mol. The number of carbonyl (C=O) groups is 1. The number of hydrogen-bond donors (Lipinski definition) is 2. The predicted octanol–water partition coefficient (Wildman–Crippen LogP) is 6.00. The minimum atomic E-state index is -0.132. The van der Waals surface area contributed by atoms with Crippen molar-refractivity contribution >= 4 is 28.9 Å². The fourth-order valence-corrected chi connectivity index (χ4v) is 6.68. The lowest BCUT2D eigenvalue weighted by molar-refractivity contribution is 0.0480. The number of nitrogens with zero attached hydrogens (tertiary/aromatic N) is 4. The Labute approximate surface area is 250 Å². The molecular formula is C33H46N6O3. The van der Waals surface area contributed by atoms with Gasteiger partial charge in [0.15, 0.2) is 0 Å². The summed E-state index contributed by atoms with van der Waals surface area (Å²) in [4.78, 5) is 21.1. The highest BCUT2D eigenvalue weighted by atomic mass is 16.5. The van der Waals surface area contributed by atoms with Crippen LogP contribution in [0.4, 0.5) is 22.0 Å². The maximum absolute atomic E-state index is 14.4. The fourth-order valence-electron chi connectivity index (χ4n) is 6.68. The molecule has 2 saturated heterocycles. The van der Waals surface area contributed by atoms with Crippen LogP contribution in [0.25, 0.3) is 0 Å². The van der Waals surface area contributed by atoms with E-state index in [9.17, 15) is 4.79 Å². The molecule has 0 atom stereocenters. The molecule has 1 aliphatic carbocycles. The van der Waals surface area contributed by atoms with Crippen LogP contribution in [-0.4, -0.2) is 73.3 Å². The first kappa shape index (κ1) is 29.1. The van der Waals surface area contributed by atoms with Crippen LogP contribution >= 0.6 is 0 Å². The number of anilines is 3. The summed E-state index contributed by atoms with van der Waals surface area (Å²) in [5, 5.41) is 14.1. The van der Waals surface area contributed by atoms with Crippen molar-refractivity contribution in [1.29, 1.82) is 0 Å². The molecule has 0 bridgehead atoms. The van der Waals surface area contributed by atoms with Crippen LogP contribution in [-0.2, 0) is 9.47 Å². The molecule has 0 unspecified atom stereocenters. The number of aryl methyl sites for hydroxylation is 1. The zero-order valence-corrected chi connectivity index (χ0v) is 25.0. The van der Waals surface area contributed by atoms with Crippen molar-refractivity contribution in [2.45, 2.75) is 83.2 Å². The van der Waals surface area contributed by atoms with Gasteiger partial charge in [0.2, 0.25) is 0 Å². The van der Waals surface area contributed by atoms with E-state index in [2.05, 4.69) is 35.8 Å². The van der Waals surface area contributed by atoms with Crippen molar-refractivity contribution in [3.05, 3.63) is 47.7 Å². The zero-order valence-electron chi connectivity index (χ0n) is 25.0. The second-order valence-corrected chi connectivity index (χ2v) is 12.2. The second-order valence-electron chi connectivity index (χ2n) is 12.2. The minimum absolute atomic E-state index is 0.0124. The molecule has 9 nitrogen and oxygen atoms in total. The molecule has 3 aliphatic heterocycles. The van der Waals surface area contributed by atoms with E-state index in [0.29, 0.717) is 31.0 Å². The monoisotopic (exact) mass is 574 g/mol. The van der Waals surface area contributed by atoms with Crippen LogP contribution in [0.15, 0.2) is 41.6 Å². The Morgan fingerprint density at radius 1 is 0.905 bits per heavy atom. The number of amides is 2. The summed E-state index contributed by atoms with van der Waals surface area (Å²) in [5.41, 5.74) is 5.06. The Morgan fingerprint density at radius 2 is 1.67 bits per heavy atom. The summed E-state index contributed by atoms with van der Waals surface area (Å²) in [6, 6.07) is 10.9. The molecule has 1 saturated carbocycles. The van der Waals surface area contributed by atoms with Crippen LogP contribution in [0.3, 0.4) is 0 Å². The number of pyridine rings is 1. The molecule has 0 radical (unpaired) electrons. The van der Waals surface area contributed by atoms with Gasteiger partial charge in [-0.1, -0.05) is 31.4 Å². The van der Waals surface area contributed by atoms with E-state index in [1.807, 2.05) is 18.3 Å². The van der Waals surface area contributed by atoms with Crippen molar-refractivity contribution < 1.29 is 14.3 Å². The van der Waals surface area contributed by atoms with E-state index >= 15 is 0 Å². The zero-order chi connectivity index (χ0) is 28.7. The number of hydrazone groups is 1. The van der Waals surface area contributed by atoms with Gasteiger partial charge in [0.1, 0.15) is 5.82 Å². The van der Waals surface area contributed by atoms with Gasteiger partial charge in [-0.2, -0.15) is 5.10 Å². The Bertz CT molecular complexity index is 1220. The average Bonchev–Trinajstić information content (AvgIpc) is 3.16. The Hall–Kier alpha value is -3.01. The third-order valence-electron chi connectivity index (χ3n) is 9.12. The van der Waals surface area contributed by atoms with Crippen molar-refractivity contribution in [1.82, 2.24) is 15.3 Å². The molecule has 226 valence electrons. The van der Waals surface area contributed by atoms with Crippen molar-refractivity contribution in [2.75, 3.05) is 49.7 Å². The smallest absolute Gasteiger partial charge is 0.351 e. The van der Waals surface area contributed by atoms with Crippen molar-refractivity contribution in [3.63, 3.8) is 0 Å². The second kappa shape index (κ2) is 14.0. The molecule has 2 aromatic rings. The minimum Gasteiger partial charge on any atom is -0.384 e. The molecule has 3 fully saturated rings. The number of aromatic nitrogens is 1. The molecule has 0 spiro atoms. The number of hydrogen-bond acceptors (Lipinski definition) is 7. The lowest BCUT2D eigenvalue weighted by Crippen LogP contribution is -2.45. The number of ether oxygens (including phenoxy) is 2. The third kappa shape index (κ3) is 6.79. The fraction of sp³-hybridized carbons (Fsp3) is 0.606. The number of nitrogens with one attached hydrogen (secondary N) is 2. The first-order valence-corrected chi connectivity index (χ1v) is 16.1. The van der Waals surface area contributed by atoms with Gasteiger partial charge < -0.3 is 20.1 Å². The first-order valence-electron chi connectivity index (χ1n) is 16.1. The van der Waals surface area contributed by atoms with Gasteiger partial charge in [-0.15, -0.1) is 0 Å². The van der Waals surface area contributed by atoms with Crippen LogP contribution in [0.5, 0.6) is 0 Å². The molecule has 2 amide bonds. The van der Waals surface area contributed by atoms with E-state index in [0.717, 1.165) is 99.5 Å². The van der Waals surface area contributed by atoms with E-state index in [-0.39, 0.29) is 12.1 Å². The van der Waals surface area contributed by atoms with Crippen LogP contribution in [0.1, 0.15) is 75.3 Å².